The molecular weight excluding hydrogens is 272 g/mol. The van der Waals surface area contributed by atoms with Crippen molar-refractivity contribution in [2.45, 2.75) is 33.8 Å². The van der Waals surface area contributed by atoms with Crippen LogP contribution in [0.5, 0.6) is 0 Å². The number of esters is 1. The fourth-order valence-corrected chi connectivity index (χ4v) is 1.91. The average molecular weight is 292 g/mol. The van der Waals surface area contributed by atoms with Crippen LogP contribution in [0.3, 0.4) is 0 Å². The maximum absolute atomic E-state index is 12.2. The van der Waals surface area contributed by atoms with Gasteiger partial charge < -0.3 is 10.5 Å². The Morgan fingerprint density at radius 3 is 2.29 bits per heavy atom. The number of amides is 3. The van der Waals surface area contributed by atoms with Crippen LogP contribution >= 0.6 is 0 Å². The molecule has 114 valence electrons. The summed E-state index contributed by atoms with van der Waals surface area (Å²) in [7, 11) is 0. The standard InChI is InChI=1S/C15H20N2O4/c1-8(2)12(13(18)17-15(16)20)21-14(19)11-6-5-9(3)7-10(11)4/h5-8,12H,1-4H3,(H3,16,17,18,20)/t12-/m0/s1. The summed E-state index contributed by atoms with van der Waals surface area (Å²) in [5.41, 5.74) is 7.08. The molecule has 6 nitrogen and oxygen atoms in total. The number of carbonyl (C=O) groups is 3. The van der Waals surface area contributed by atoms with Crippen LogP contribution in [-0.4, -0.2) is 24.0 Å². The van der Waals surface area contributed by atoms with E-state index in [-0.39, 0.29) is 5.92 Å². The summed E-state index contributed by atoms with van der Waals surface area (Å²) in [6.45, 7) is 7.12. The molecule has 1 atom stereocenters. The number of carbonyl (C=O) groups excluding carboxylic acids is 3. The van der Waals surface area contributed by atoms with Crippen LogP contribution in [0.25, 0.3) is 0 Å². The van der Waals surface area contributed by atoms with Crippen molar-refractivity contribution >= 4 is 17.9 Å². The Morgan fingerprint density at radius 2 is 1.81 bits per heavy atom. The minimum Gasteiger partial charge on any atom is -0.448 e. The van der Waals surface area contributed by atoms with Crippen molar-refractivity contribution in [3.05, 3.63) is 34.9 Å². The molecule has 0 spiro atoms. The third-order valence-corrected chi connectivity index (χ3v) is 2.95. The van der Waals surface area contributed by atoms with E-state index in [2.05, 4.69) is 0 Å². The van der Waals surface area contributed by atoms with Gasteiger partial charge in [-0.1, -0.05) is 31.5 Å². The van der Waals surface area contributed by atoms with Crippen molar-refractivity contribution in [1.82, 2.24) is 5.32 Å². The number of urea groups is 1. The van der Waals surface area contributed by atoms with Crippen LogP contribution in [-0.2, 0) is 9.53 Å². The molecule has 6 heteroatoms. The van der Waals surface area contributed by atoms with Gasteiger partial charge >= 0.3 is 12.0 Å². The molecule has 0 bridgehead atoms. The second kappa shape index (κ2) is 6.88. The number of nitrogens with one attached hydrogen (secondary N) is 1. The zero-order valence-corrected chi connectivity index (χ0v) is 12.6. The van der Waals surface area contributed by atoms with Crippen LogP contribution < -0.4 is 11.1 Å². The molecule has 3 N–H and O–H groups in total. The molecule has 1 aromatic carbocycles. The van der Waals surface area contributed by atoms with E-state index in [0.717, 1.165) is 11.1 Å². The second-order valence-electron chi connectivity index (χ2n) is 5.24. The van der Waals surface area contributed by atoms with E-state index in [9.17, 15) is 14.4 Å². The quantitative estimate of drug-likeness (QED) is 0.825. The predicted octanol–water partition coefficient (Wildman–Crippen LogP) is 1.68. The van der Waals surface area contributed by atoms with Crippen LogP contribution in [0.4, 0.5) is 4.79 Å². The van der Waals surface area contributed by atoms with Gasteiger partial charge in [-0.25, -0.2) is 9.59 Å². The number of benzene rings is 1. The lowest BCUT2D eigenvalue weighted by atomic mass is 10.0. The molecule has 0 aliphatic carbocycles. The van der Waals surface area contributed by atoms with E-state index in [0.29, 0.717) is 5.56 Å². The minimum atomic E-state index is -1.08. The molecule has 21 heavy (non-hydrogen) atoms. The predicted molar refractivity (Wildman–Crippen MR) is 77.7 cm³/mol. The number of nitrogens with two attached hydrogens (primary N) is 1. The molecule has 0 heterocycles. The Morgan fingerprint density at radius 1 is 1.19 bits per heavy atom. The van der Waals surface area contributed by atoms with E-state index in [4.69, 9.17) is 10.5 Å². The van der Waals surface area contributed by atoms with E-state index in [1.54, 1.807) is 32.9 Å². The van der Waals surface area contributed by atoms with Crippen molar-refractivity contribution < 1.29 is 19.1 Å². The largest absolute Gasteiger partial charge is 0.448 e. The smallest absolute Gasteiger partial charge is 0.339 e. The number of aryl methyl sites for hydroxylation is 2. The molecule has 1 rings (SSSR count). The van der Waals surface area contributed by atoms with Crippen molar-refractivity contribution in [3.63, 3.8) is 0 Å². The third-order valence-electron chi connectivity index (χ3n) is 2.95. The van der Waals surface area contributed by atoms with E-state index in [1.807, 2.05) is 18.3 Å². The van der Waals surface area contributed by atoms with Gasteiger partial charge in [0.1, 0.15) is 0 Å². The molecule has 0 saturated carbocycles. The first kappa shape index (κ1) is 16.7. The highest BCUT2D eigenvalue weighted by atomic mass is 16.5. The fourth-order valence-electron chi connectivity index (χ4n) is 1.91. The molecule has 0 aromatic heterocycles. The first-order chi connectivity index (χ1) is 9.72. The highest BCUT2D eigenvalue weighted by molar-refractivity contribution is 5.98. The van der Waals surface area contributed by atoms with Gasteiger partial charge in [-0.05, 0) is 31.4 Å². The Labute approximate surface area is 123 Å². The highest BCUT2D eigenvalue weighted by Gasteiger charge is 2.28. The summed E-state index contributed by atoms with van der Waals surface area (Å²) < 4.78 is 5.22. The number of imide groups is 1. The zero-order valence-electron chi connectivity index (χ0n) is 12.6. The zero-order chi connectivity index (χ0) is 16.2. The van der Waals surface area contributed by atoms with Gasteiger partial charge in [0.15, 0.2) is 6.10 Å². The van der Waals surface area contributed by atoms with Crippen molar-refractivity contribution in [2.75, 3.05) is 0 Å². The number of hydrogen-bond acceptors (Lipinski definition) is 4. The Kier molecular flexibility index (Phi) is 5.46. The average Bonchev–Trinajstić information content (AvgIpc) is 2.34. The van der Waals surface area contributed by atoms with Gasteiger partial charge in [-0.2, -0.15) is 0 Å². The van der Waals surface area contributed by atoms with E-state index in [1.165, 1.54) is 0 Å². The molecule has 0 radical (unpaired) electrons. The van der Waals surface area contributed by atoms with E-state index >= 15 is 0 Å². The van der Waals surface area contributed by atoms with Crippen LogP contribution in [0, 0.1) is 19.8 Å². The molecule has 3 amide bonds. The summed E-state index contributed by atoms with van der Waals surface area (Å²) in [5, 5.41) is 1.93. The first-order valence-electron chi connectivity index (χ1n) is 6.61. The van der Waals surface area contributed by atoms with Crippen molar-refractivity contribution in [3.8, 4) is 0 Å². The second-order valence-corrected chi connectivity index (χ2v) is 5.24. The van der Waals surface area contributed by atoms with Crippen LogP contribution in [0.1, 0.15) is 35.3 Å². The van der Waals surface area contributed by atoms with Gasteiger partial charge in [0, 0.05) is 0 Å². The highest BCUT2D eigenvalue weighted by Crippen LogP contribution is 2.15. The van der Waals surface area contributed by atoms with Gasteiger partial charge in [0.25, 0.3) is 5.91 Å². The van der Waals surface area contributed by atoms with Gasteiger partial charge in [0.05, 0.1) is 5.56 Å². The lowest BCUT2D eigenvalue weighted by Crippen LogP contribution is -2.45. The summed E-state index contributed by atoms with van der Waals surface area (Å²) in [6, 6.07) is 4.31. The van der Waals surface area contributed by atoms with Crippen molar-refractivity contribution in [1.29, 1.82) is 0 Å². The molecule has 1 aromatic rings. The molecule has 0 aliphatic heterocycles. The van der Waals surface area contributed by atoms with Crippen LogP contribution in [0.15, 0.2) is 18.2 Å². The van der Waals surface area contributed by atoms with Crippen molar-refractivity contribution in [2.24, 2.45) is 11.7 Å². The maximum Gasteiger partial charge on any atom is 0.339 e. The van der Waals surface area contributed by atoms with Gasteiger partial charge in [0.2, 0.25) is 0 Å². The van der Waals surface area contributed by atoms with E-state index < -0.39 is 24.0 Å². The molecule has 0 saturated heterocycles. The molecular formula is C15H20N2O4. The summed E-state index contributed by atoms with van der Waals surface area (Å²) in [5.74, 6) is -1.62. The number of ether oxygens (including phenoxy) is 1. The minimum absolute atomic E-state index is 0.293. The first-order valence-corrected chi connectivity index (χ1v) is 6.61. The monoisotopic (exact) mass is 292 g/mol. The lowest BCUT2D eigenvalue weighted by molar-refractivity contribution is -0.130. The summed E-state index contributed by atoms with van der Waals surface area (Å²) in [4.78, 5) is 34.7. The number of rotatable bonds is 4. The molecule has 0 aliphatic rings. The fraction of sp³-hybridized carbons (Fsp3) is 0.400. The van der Waals surface area contributed by atoms with Gasteiger partial charge in [-0.15, -0.1) is 0 Å². The summed E-state index contributed by atoms with van der Waals surface area (Å²) >= 11 is 0. The Bertz CT molecular complexity index is 567. The topological polar surface area (TPSA) is 98.5 Å². The Balaban J connectivity index is 2.91. The normalized spacial score (nSPS) is 11.9. The Hall–Kier alpha value is -2.37. The third kappa shape index (κ3) is 4.59. The van der Waals surface area contributed by atoms with Crippen LogP contribution in [0.2, 0.25) is 0 Å². The summed E-state index contributed by atoms with van der Waals surface area (Å²) in [6.07, 6.45) is -1.08. The lowest BCUT2D eigenvalue weighted by Gasteiger charge is -2.20. The number of hydrogen-bond donors (Lipinski definition) is 2. The molecule has 0 unspecified atom stereocenters. The SMILES string of the molecule is Cc1ccc(C(=O)O[C@H](C(=O)NC(N)=O)C(C)C)c(C)c1. The molecule has 0 fully saturated rings. The van der Waals surface area contributed by atoms with Gasteiger partial charge in [-0.3, -0.25) is 10.1 Å². The number of primary amides is 1. The maximum atomic E-state index is 12.2.